The second-order valence-electron chi connectivity index (χ2n) is 8.62. The van der Waals surface area contributed by atoms with Gasteiger partial charge in [-0.25, -0.2) is 0 Å². The van der Waals surface area contributed by atoms with Crippen molar-refractivity contribution in [2.75, 3.05) is 12.4 Å². The zero-order valence-corrected chi connectivity index (χ0v) is 20.4. The van der Waals surface area contributed by atoms with E-state index < -0.39 is 17.8 Å². The topological polar surface area (TPSA) is 38.3 Å². The number of halogens is 4. The minimum absolute atomic E-state index is 0.0363. The van der Waals surface area contributed by atoms with Gasteiger partial charge in [-0.3, -0.25) is 4.79 Å². The first-order valence-corrected chi connectivity index (χ1v) is 11.9. The smallest absolute Gasteiger partial charge is 0.416 e. The Morgan fingerprint density at radius 3 is 2.36 bits per heavy atom. The van der Waals surface area contributed by atoms with Gasteiger partial charge in [0, 0.05) is 23.6 Å². The molecule has 1 atom stereocenters. The first-order valence-electron chi connectivity index (χ1n) is 11.5. The maximum Gasteiger partial charge on any atom is 0.416 e. The monoisotopic (exact) mass is 511 g/mol. The molecule has 0 saturated carbocycles. The molecule has 0 fully saturated rings. The summed E-state index contributed by atoms with van der Waals surface area (Å²) >= 11 is 6.16. The van der Waals surface area contributed by atoms with Gasteiger partial charge in [0.25, 0.3) is 0 Å². The molecule has 0 spiro atoms. The average molecular weight is 512 g/mol. The van der Waals surface area contributed by atoms with Gasteiger partial charge >= 0.3 is 6.18 Å². The van der Waals surface area contributed by atoms with Gasteiger partial charge < -0.3 is 10.1 Å². The number of alkyl halides is 3. The molecule has 0 amide bonds. The predicted octanol–water partition coefficient (Wildman–Crippen LogP) is 8.27. The molecule has 4 rings (SSSR count). The summed E-state index contributed by atoms with van der Waals surface area (Å²) in [4.78, 5) is 13.0. The first kappa shape index (κ1) is 25.6. The Labute approximate surface area is 212 Å². The number of rotatable bonds is 9. The van der Waals surface area contributed by atoms with Crippen LogP contribution in [0.3, 0.4) is 0 Å². The third kappa shape index (κ3) is 6.58. The Balaban J connectivity index is 1.45. The quantitative estimate of drug-likeness (QED) is 0.246. The van der Waals surface area contributed by atoms with Gasteiger partial charge in [0.1, 0.15) is 11.5 Å². The number of anilines is 1. The van der Waals surface area contributed by atoms with Crippen LogP contribution < -0.4 is 10.1 Å². The highest BCUT2D eigenvalue weighted by Crippen LogP contribution is 2.32. The number of methoxy groups -OCH3 is 1. The van der Waals surface area contributed by atoms with Crippen molar-refractivity contribution in [3.05, 3.63) is 107 Å². The fourth-order valence-corrected chi connectivity index (χ4v) is 4.30. The number of fused-ring (bicyclic) bond motifs is 1. The number of ether oxygens (including phenoxy) is 1. The lowest BCUT2D eigenvalue weighted by atomic mass is 9.97. The highest BCUT2D eigenvalue weighted by molar-refractivity contribution is 6.30. The van der Waals surface area contributed by atoms with Gasteiger partial charge in [0.15, 0.2) is 0 Å². The van der Waals surface area contributed by atoms with Crippen LogP contribution in [0.25, 0.3) is 10.8 Å². The number of carbonyl (C=O) groups excluding carboxylic acids is 1. The minimum atomic E-state index is -4.41. The van der Waals surface area contributed by atoms with E-state index in [-0.39, 0.29) is 12.2 Å². The van der Waals surface area contributed by atoms with Gasteiger partial charge in [-0.15, -0.1) is 0 Å². The standard InChI is InChI=1S/C29H25ClF3NO2/c1-36-27-14-8-20-15-19(5-7-21(20)17-27)6-13-26(35)18-28(22-3-2-4-24(30)16-22)34-25-11-9-23(10-12-25)29(31,32)33/h2-5,7-12,14-17,28,34H,6,13,18H2,1H3. The van der Waals surface area contributed by atoms with E-state index in [0.29, 0.717) is 23.6 Å². The van der Waals surface area contributed by atoms with E-state index in [1.807, 2.05) is 36.4 Å². The second kappa shape index (κ2) is 11.0. The molecule has 36 heavy (non-hydrogen) atoms. The summed E-state index contributed by atoms with van der Waals surface area (Å²) in [7, 11) is 1.63. The molecule has 1 unspecified atom stereocenters. The van der Waals surface area contributed by atoms with Crippen LogP contribution in [0.1, 0.15) is 35.6 Å². The number of ketones is 1. The molecule has 7 heteroatoms. The third-order valence-corrected chi connectivity index (χ3v) is 6.28. The molecule has 1 N–H and O–H groups in total. The maximum absolute atomic E-state index is 13.0. The Hall–Kier alpha value is -3.51. The minimum Gasteiger partial charge on any atom is -0.497 e. The number of benzene rings is 4. The van der Waals surface area contributed by atoms with Crippen LogP contribution in [0.4, 0.5) is 18.9 Å². The van der Waals surface area contributed by atoms with E-state index in [1.54, 1.807) is 25.3 Å². The molecule has 0 bridgehead atoms. The summed E-state index contributed by atoms with van der Waals surface area (Å²) in [5.41, 5.74) is 1.61. The SMILES string of the molecule is COc1ccc2cc(CCC(=O)CC(Nc3ccc(C(F)(F)F)cc3)c3cccc(Cl)c3)ccc2c1. The van der Waals surface area contributed by atoms with Crippen LogP contribution in [0, 0.1) is 0 Å². The lowest BCUT2D eigenvalue weighted by molar-refractivity contribution is -0.137. The van der Waals surface area contributed by atoms with Crippen LogP contribution in [-0.2, 0) is 17.4 Å². The first-order chi connectivity index (χ1) is 17.2. The van der Waals surface area contributed by atoms with Crippen molar-refractivity contribution in [3.63, 3.8) is 0 Å². The van der Waals surface area contributed by atoms with E-state index in [1.165, 1.54) is 12.1 Å². The molecule has 0 heterocycles. The Morgan fingerprint density at radius 2 is 1.67 bits per heavy atom. The van der Waals surface area contributed by atoms with Crippen molar-refractivity contribution in [2.45, 2.75) is 31.5 Å². The molecule has 0 saturated heterocycles. The number of aryl methyl sites for hydroxylation is 1. The molecule has 3 nitrogen and oxygen atoms in total. The van der Waals surface area contributed by atoms with Crippen LogP contribution >= 0.6 is 11.6 Å². The number of hydrogen-bond donors (Lipinski definition) is 1. The van der Waals surface area contributed by atoms with E-state index in [4.69, 9.17) is 16.3 Å². The zero-order chi connectivity index (χ0) is 25.7. The largest absolute Gasteiger partial charge is 0.497 e. The molecule has 186 valence electrons. The number of hydrogen-bond acceptors (Lipinski definition) is 3. The van der Waals surface area contributed by atoms with Gasteiger partial charge in [0.05, 0.1) is 18.7 Å². The normalized spacial score (nSPS) is 12.4. The molecular formula is C29H25ClF3NO2. The number of nitrogens with one attached hydrogen (secondary N) is 1. The molecular weight excluding hydrogens is 487 g/mol. The zero-order valence-electron chi connectivity index (χ0n) is 19.6. The average Bonchev–Trinajstić information content (AvgIpc) is 2.86. The predicted molar refractivity (Wildman–Crippen MR) is 138 cm³/mol. The van der Waals surface area contributed by atoms with Crippen LogP contribution in [-0.4, -0.2) is 12.9 Å². The molecule has 0 aliphatic rings. The van der Waals surface area contributed by atoms with Crippen molar-refractivity contribution >= 4 is 33.8 Å². The summed E-state index contributed by atoms with van der Waals surface area (Å²) in [5.74, 6) is 0.826. The molecule has 4 aromatic rings. The van der Waals surface area contributed by atoms with Crippen molar-refractivity contribution in [3.8, 4) is 5.75 Å². The molecule has 0 aromatic heterocycles. The summed E-state index contributed by atoms with van der Waals surface area (Å²) < 4.78 is 44.0. The highest BCUT2D eigenvalue weighted by Gasteiger charge is 2.30. The lowest BCUT2D eigenvalue weighted by Crippen LogP contribution is -2.16. The van der Waals surface area contributed by atoms with Crippen molar-refractivity contribution in [1.29, 1.82) is 0 Å². The summed E-state index contributed by atoms with van der Waals surface area (Å²) in [6, 6.07) is 23.4. The van der Waals surface area contributed by atoms with E-state index >= 15 is 0 Å². The van der Waals surface area contributed by atoms with Crippen LogP contribution in [0.2, 0.25) is 5.02 Å². The fourth-order valence-electron chi connectivity index (χ4n) is 4.10. The van der Waals surface area contributed by atoms with Crippen molar-refractivity contribution in [2.24, 2.45) is 0 Å². The molecule has 0 aliphatic heterocycles. The lowest BCUT2D eigenvalue weighted by Gasteiger charge is -2.21. The van der Waals surface area contributed by atoms with E-state index in [0.717, 1.165) is 39.8 Å². The second-order valence-corrected chi connectivity index (χ2v) is 9.05. The molecule has 4 aromatic carbocycles. The summed E-state index contributed by atoms with van der Waals surface area (Å²) in [6.45, 7) is 0. The summed E-state index contributed by atoms with van der Waals surface area (Å²) in [5, 5.41) is 5.86. The van der Waals surface area contributed by atoms with Crippen LogP contribution in [0.15, 0.2) is 84.9 Å². The van der Waals surface area contributed by atoms with Crippen molar-refractivity contribution < 1.29 is 22.7 Å². The fraction of sp³-hybridized carbons (Fsp3) is 0.207. The molecule has 0 radical (unpaired) electrons. The Bertz CT molecular complexity index is 1350. The highest BCUT2D eigenvalue weighted by atomic mass is 35.5. The van der Waals surface area contributed by atoms with Crippen LogP contribution in [0.5, 0.6) is 5.75 Å². The van der Waals surface area contributed by atoms with E-state index in [2.05, 4.69) is 11.4 Å². The van der Waals surface area contributed by atoms with Gasteiger partial charge in [-0.05, 0) is 76.9 Å². The van der Waals surface area contributed by atoms with Gasteiger partial charge in [-0.2, -0.15) is 13.2 Å². The van der Waals surface area contributed by atoms with Gasteiger partial charge in [-0.1, -0.05) is 48.0 Å². The molecule has 0 aliphatic carbocycles. The summed E-state index contributed by atoms with van der Waals surface area (Å²) in [6.07, 6.45) is -3.31. The van der Waals surface area contributed by atoms with Crippen molar-refractivity contribution in [1.82, 2.24) is 0 Å². The Kier molecular flexibility index (Phi) is 7.85. The number of carbonyl (C=O) groups is 1. The van der Waals surface area contributed by atoms with Gasteiger partial charge in [0.2, 0.25) is 0 Å². The number of Topliss-reactive ketones (excluding diaryl/α,β-unsaturated/α-hetero) is 1. The Morgan fingerprint density at radius 1 is 0.944 bits per heavy atom. The third-order valence-electron chi connectivity index (χ3n) is 6.04. The van der Waals surface area contributed by atoms with E-state index in [9.17, 15) is 18.0 Å². The maximum atomic E-state index is 13.0.